The van der Waals surface area contributed by atoms with Gasteiger partial charge in [-0.15, -0.1) is 21.5 Å². The van der Waals surface area contributed by atoms with Crippen LogP contribution in [0.3, 0.4) is 0 Å². The molecular formula is C20H22FN5OS. The second-order valence-electron chi connectivity index (χ2n) is 7.75. The summed E-state index contributed by atoms with van der Waals surface area (Å²) in [6.07, 6.45) is 1.80. The van der Waals surface area contributed by atoms with E-state index in [0.717, 1.165) is 34.5 Å². The summed E-state index contributed by atoms with van der Waals surface area (Å²) in [6, 6.07) is 7.36. The van der Waals surface area contributed by atoms with Crippen LogP contribution in [0, 0.1) is 6.92 Å². The highest BCUT2D eigenvalue weighted by Gasteiger charge is 2.43. The number of aromatic nitrogens is 3. The molecule has 5 rings (SSSR count). The summed E-state index contributed by atoms with van der Waals surface area (Å²) in [6.45, 7) is 1.94. The van der Waals surface area contributed by atoms with Gasteiger partial charge in [-0.25, -0.2) is 9.37 Å². The van der Waals surface area contributed by atoms with Gasteiger partial charge in [-0.3, -0.25) is 0 Å². The number of hydrogen-bond acceptors (Lipinski definition) is 7. The number of hydrogen-bond donors (Lipinski definition) is 2. The lowest BCUT2D eigenvalue weighted by atomic mass is 9.96. The van der Waals surface area contributed by atoms with E-state index in [9.17, 15) is 9.50 Å². The van der Waals surface area contributed by atoms with Crippen molar-refractivity contribution in [2.24, 2.45) is 0 Å². The van der Waals surface area contributed by atoms with E-state index in [1.165, 1.54) is 0 Å². The third kappa shape index (κ3) is 2.91. The van der Waals surface area contributed by atoms with E-state index >= 15 is 0 Å². The van der Waals surface area contributed by atoms with Gasteiger partial charge in [-0.1, -0.05) is 0 Å². The summed E-state index contributed by atoms with van der Waals surface area (Å²) in [5.41, 5.74) is 2.01. The molecule has 2 bridgehead atoms. The SMILES string of the molecule is Cc1nc2cc(-c3ccc(N(C)[C@H]4CC5CCC(N5)[C@H]4F)nn3)c(O)cc2s1. The number of benzene rings is 1. The van der Waals surface area contributed by atoms with Gasteiger partial charge in [0, 0.05) is 30.8 Å². The molecule has 28 heavy (non-hydrogen) atoms. The number of phenolic OH excluding ortho intramolecular Hbond substituents is 1. The normalized spacial score (nSPS) is 26.7. The van der Waals surface area contributed by atoms with Gasteiger partial charge < -0.3 is 15.3 Å². The number of piperidine rings is 1. The van der Waals surface area contributed by atoms with E-state index in [1.54, 1.807) is 17.4 Å². The number of aromatic hydroxyl groups is 1. The van der Waals surface area contributed by atoms with Gasteiger partial charge in [0.15, 0.2) is 5.82 Å². The second kappa shape index (κ2) is 6.63. The molecule has 2 saturated heterocycles. The molecular weight excluding hydrogens is 377 g/mol. The Hall–Kier alpha value is -2.32. The van der Waals surface area contributed by atoms with E-state index < -0.39 is 6.17 Å². The molecule has 2 N–H and O–H groups in total. The smallest absolute Gasteiger partial charge is 0.151 e. The summed E-state index contributed by atoms with van der Waals surface area (Å²) >= 11 is 1.54. The van der Waals surface area contributed by atoms with E-state index in [-0.39, 0.29) is 17.8 Å². The molecule has 0 saturated carbocycles. The predicted molar refractivity (Wildman–Crippen MR) is 109 cm³/mol. The molecule has 0 radical (unpaired) electrons. The van der Waals surface area contributed by atoms with Crippen LogP contribution in [0.5, 0.6) is 5.75 Å². The van der Waals surface area contributed by atoms with Gasteiger partial charge in [0.1, 0.15) is 11.9 Å². The first kappa shape index (κ1) is 17.8. The fraction of sp³-hybridized carbons (Fsp3) is 0.450. The number of nitrogens with zero attached hydrogens (tertiary/aromatic N) is 4. The first-order valence-corrected chi connectivity index (χ1v) is 10.4. The first-order valence-electron chi connectivity index (χ1n) is 9.57. The van der Waals surface area contributed by atoms with Gasteiger partial charge in [-0.2, -0.15) is 0 Å². The average molecular weight is 399 g/mol. The highest BCUT2D eigenvalue weighted by atomic mass is 32.1. The van der Waals surface area contributed by atoms with Crippen LogP contribution in [0.1, 0.15) is 24.3 Å². The second-order valence-corrected chi connectivity index (χ2v) is 8.99. The lowest BCUT2D eigenvalue weighted by molar-refractivity contribution is 0.176. The topological polar surface area (TPSA) is 74.2 Å². The molecule has 0 amide bonds. The number of alkyl halides is 1. The van der Waals surface area contributed by atoms with Crippen molar-refractivity contribution in [1.29, 1.82) is 0 Å². The maximum absolute atomic E-state index is 14.8. The molecule has 2 fully saturated rings. The summed E-state index contributed by atoms with van der Waals surface area (Å²) in [4.78, 5) is 6.38. The predicted octanol–water partition coefficient (Wildman–Crippen LogP) is 3.43. The Morgan fingerprint density at radius 1 is 1.25 bits per heavy atom. The molecule has 8 heteroatoms. The van der Waals surface area contributed by atoms with Gasteiger partial charge in [0.05, 0.1) is 27.0 Å². The van der Waals surface area contributed by atoms with E-state index in [4.69, 9.17) is 0 Å². The quantitative estimate of drug-likeness (QED) is 0.703. The minimum atomic E-state index is -0.912. The number of thiazole rings is 1. The molecule has 2 unspecified atom stereocenters. The molecule has 1 aromatic carbocycles. The monoisotopic (exact) mass is 399 g/mol. The molecule has 4 atom stereocenters. The summed E-state index contributed by atoms with van der Waals surface area (Å²) in [5, 5.41) is 23.3. The first-order chi connectivity index (χ1) is 13.5. The Labute approximate surface area is 166 Å². The van der Waals surface area contributed by atoms with Crippen LogP contribution in [0.4, 0.5) is 10.2 Å². The van der Waals surface area contributed by atoms with Crippen molar-refractivity contribution in [2.45, 2.75) is 50.5 Å². The van der Waals surface area contributed by atoms with Crippen molar-refractivity contribution in [3.05, 3.63) is 29.3 Å². The van der Waals surface area contributed by atoms with Crippen LogP contribution in [0.15, 0.2) is 24.3 Å². The maximum atomic E-state index is 14.8. The van der Waals surface area contributed by atoms with Crippen molar-refractivity contribution in [2.75, 3.05) is 11.9 Å². The highest BCUT2D eigenvalue weighted by Crippen LogP contribution is 2.36. The third-order valence-electron chi connectivity index (χ3n) is 5.95. The van der Waals surface area contributed by atoms with Gasteiger partial charge in [0.2, 0.25) is 0 Å². The fourth-order valence-corrected chi connectivity index (χ4v) is 5.30. The maximum Gasteiger partial charge on any atom is 0.151 e. The van der Waals surface area contributed by atoms with E-state index in [2.05, 4.69) is 20.5 Å². The standard InChI is InChI=1S/C20H22FN5OS/c1-10-22-15-8-12(17(27)9-18(15)28-10)13-5-6-19(25-24-13)26(2)16-7-11-3-4-14(23-11)20(16)21/h5-6,8-9,11,14,16,20,23,27H,3-4,7H2,1-2H3/t11?,14?,16-,20+/m0/s1. The minimum absolute atomic E-state index is 0.0522. The van der Waals surface area contributed by atoms with Gasteiger partial charge in [-0.05, 0) is 44.4 Å². The van der Waals surface area contributed by atoms with Crippen LogP contribution in [-0.2, 0) is 0 Å². The lowest BCUT2D eigenvalue weighted by Crippen LogP contribution is -2.55. The summed E-state index contributed by atoms with van der Waals surface area (Å²) in [7, 11) is 1.88. The van der Waals surface area contributed by atoms with E-state index in [1.807, 2.05) is 37.1 Å². The van der Waals surface area contributed by atoms with Crippen LogP contribution in [0.25, 0.3) is 21.5 Å². The summed E-state index contributed by atoms with van der Waals surface area (Å²) in [5.74, 6) is 0.799. The number of phenols is 1. The number of rotatable bonds is 3. The zero-order valence-corrected chi connectivity index (χ0v) is 16.6. The van der Waals surface area contributed by atoms with Gasteiger partial charge in [0.25, 0.3) is 0 Å². The Morgan fingerprint density at radius 3 is 2.89 bits per heavy atom. The van der Waals surface area contributed by atoms with E-state index in [0.29, 0.717) is 23.1 Å². The van der Waals surface area contributed by atoms with Crippen LogP contribution in [-0.4, -0.2) is 51.6 Å². The zero-order valence-electron chi connectivity index (χ0n) is 15.8. The Kier molecular flexibility index (Phi) is 4.21. The van der Waals surface area contributed by atoms with Crippen molar-refractivity contribution in [3.63, 3.8) is 0 Å². The number of anilines is 1. The Morgan fingerprint density at radius 2 is 2.11 bits per heavy atom. The fourth-order valence-electron chi connectivity index (χ4n) is 4.46. The molecule has 6 nitrogen and oxygen atoms in total. The summed E-state index contributed by atoms with van der Waals surface area (Å²) < 4.78 is 15.8. The van der Waals surface area contributed by atoms with Crippen LogP contribution >= 0.6 is 11.3 Å². The van der Waals surface area contributed by atoms with Crippen molar-refractivity contribution in [1.82, 2.24) is 20.5 Å². The molecule has 0 aliphatic carbocycles. The largest absolute Gasteiger partial charge is 0.507 e. The van der Waals surface area contributed by atoms with Crippen LogP contribution in [0.2, 0.25) is 0 Å². The zero-order chi connectivity index (χ0) is 19.4. The van der Waals surface area contributed by atoms with Crippen molar-refractivity contribution >= 4 is 27.4 Å². The number of aryl methyl sites for hydroxylation is 1. The molecule has 2 aliphatic rings. The minimum Gasteiger partial charge on any atom is -0.507 e. The third-order valence-corrected chi connectivity index (χ3v) is 6.89. The number of nitrogens with one attached hydrogen (secondary N) is 1. The molecule has 3 aromatic rings. The Bertz CT molecular complexity index is 1020. The molecule has 4 heterocycles. The lowest BCUT2D eigenvalue weighted by Gasteiger charge is -2.38. The molecule has 0 spiro atoms. The molecule has 2 aliphatic heterocycles. The average Bonchev–Trinajstić information content (AvgIpc) is 3.26. The highest BCUT2D eigenvalue weighted by molar-refractivity contribution is 7.18. The van der Waals surface area contributed by atoms with Crippen molar-refractivity contribution in [3.8, 4) is 17.0 Å². The van der Waals surface area contributed by atoms with Crippen LogP contribution < -0.4 is 10.2 Å². The van der Waals surface area contributed by atoms with Crippen molar-refractivity contribution < 1.29 is 9.50 Å². The Balaban J connectivity index is 1.42. The number of fused-ring (bicyclic) bond motifs is 3. The molecule has 2 aromatic heterocycles. The molecule has 146 valence electrons. The van der Waals surface area contributed by atoms with Gasteiger partial charge >= 0.3 is 0 Å². The number of halogens is 1.